The average Bonchev–Trinajstić information content (AvgIpc) is 2.79. The minimum atomic E-state index is 0.277. The Labute approximate surface area is 122 Å². The first kappa shape index (κ1) is 13.6. The van der Waals surface area contributed by atoms with Crippen molar-refractivity contribution in [1.82, 2.24) is 4.57 Å². The van der Waals surface area contributed by atoms with Gasteiger partial charge in [0.05, 0.1) is 0 Å². The summed E-state index contributed by atoms with van der Waals surface area (Å²) in [4.78, 5) is 0. The number of benzene rings is 1. The van der Waals surface area contributed by atoms with Crippen LogP contribution in [-0.2, 0) is 13.0 Å². The van der Waals surface area contributed by atoms with Crippen LogP contribution in [0.5, 0.6) is 0 Å². The molecule has 1 aromatic heterocycles. The molecule has 1 aromatic carbocycles. The van der Waals surface area contributed by atoms with Gasteiger partial charge in [-0.25, -0.2) is 0 Å². The molecule has 2 rings (SSSR count). The Balaban J connectivity index is 2.00. The summed E-state index contributed by atoms with van der Waals surface area (Å²) in [6.45, 7) is 3.06. The molecule has 0 saturated carbocycles. The van der Waals surface area contributed by atoms with Crippen LogP contribution in [0.3, 0.4) is 0 Å². The van der Waals surface area contributed by atoms with Gasteiger partial charge in [-0.2, -0.15) is 0 Å². The fourth-order valence-corrected chi connectivity index (χ4v) is 2.32. The van der Waals surface area contributed by atoms with Crippen LogP contribution in [0.25, 0.3) is 0 Å². The number of hydrogen-bond acceptors (Lipinski definition) is 1. The van der Waals surface area contributed by atoms with Crippen molar-refractivity contribution in [2.24, 2.45) is 5.73 Å². The van der Waals surface area contributed by atoms with E-state index in [1.54, 1.807) is 0 Å². The van der Waals surface area contributed by atoms with Crippen LogP contribution >= 0.6 is 22.6 Å². The molecule has 0 amide bonds. The van der Waals surface area contributed by atoms with E-state index in [1.807, 2.05) is 0 Å². The zero-order valence-electron chi connectivity index (χ0n) is 10.6. The van der Waals surface area contributed by atoms with E-state index in [9.17, 15) is 0 Å². The van der Waals surface area contributed by atoms with Gasteiger partial charge in [-0.3, -0.25) is 0 Å². The number of rotatable bonds is 5. The molecule has 0 fully saturated rings. The molecule has 2 nitrogen and oxygen atoms in total. The molecule has 0 spiro atoms. The maximum atomic E-state index is 5.97. The summed E-state index contributed by atoms with van der Waals surface area (Å²) >= 11 is 2.33. The van der Waals surface area contributed by atoms with Crippen LogP contribution in [0.15, 0.2) is 42.7 Å². The minimum Gasteiger partial charge on any atom is -0.350 e. The fraction of sp³-hybridized carbons (Fsp3) is 0.333. The fourth-order valence-electron chi connectivity index (χ4n) is 1.96. The van der Waals surface area contributed by atoms with Gasteiger partial charge in [0.2, 0.25) is 0 Å². The van der Waals surface area contributed by atoms with Crippen LogP contribution in [0.2, 0.25) is 0 Å². The van der Waals surface area contributed by atoms with E-state index in [0.29, 0.717) is 0 Å². The van der Waals surface area contributed by atoms with E-state index >= 15 is 0 Å². The zero-order chi connectivity index (χ0) is 13.0. The molecule has 1 unspecified atom stereocenters. The number of hydrogen-bond donors (Lipinski definition) is 1. The van der Waals surface area contributed by atoms with Gasteiger partial charge in [-0.15, -0.1) is 0 Å². The third-order valence-electron chi connectivity index (χ3n) is 3.11. The predicted octanol–water partition coefficient (Wildman–Crippen LogP) is 3.42. The Morgan fingerprint density at radius 3 is 2.56 bits per heavy atom. The third kappa shape index (κ3) is 3.85. The van der Waals surface area contributed by atoms with Gasteiger partial charge < -0.3 is 10.3 Å². The van der Waals surface area contributed by atoms with Crippen molar-refractivity contribution in [3.63, 3.8) is 0 Å². The van der Waals surface area contributed by atoms with Gasteiger partial charge in [0.15, 0.2) is 0 Å². The van der Waals surface area contributed by atoms with E-state index in [0.717, 1.165) is 19.4 Å². The maximum Gasteiger partial charge on any atom is 0.0470 e. The first-order valence-electron chi connectivity index (χ1n) is 6.32. The van der Waals surface area contributed by atoms with Crippen molar-refractivity contribution in [3.05, 3.63) is 57.4 Å². The molecular formula is C15H19IN2. The van der Waals surface area contributed by atoms with Crippen molar-refractivity contribution in [2.45, 2.75) is 32.4 Å². The summed E-state index contributed by atoms with van der Waals surface area (Å²) in [5, 5.41) is 0. The summed E-state index contributed by atoms with van der Waals surface area (Å²) < 4.78 is 3.50. The highest BCUT2D eigenvalue weighted by atomic mass is 127. The van der Waals surface area contributed by atoms with Gasteiger partial charge in [0.25, 0.3) is 0 Å². The normalized spacial score (nSPS) is 12.6. The monoisotopic (exact) mass is 354 g/mol. The lowest BCUT2D eigenvalue weighted by atomic mass is 10.1. The van der Waals surface area contributed by atoms with Gasteiger partial charge >= 0.3 is 0 Å². The highest BCUT2D eigenvalue weighted by Crippen LogP contribution is 2.11. The van der Waals surface area contributed by atoms with Crippen molar-refractivity contribution in [2.75, 3.05) is 0 Å². The summed E-state index contributed by atoms with van der Waals surface area (Å²) in [6.07, 6.45) is 6.33. The van der Waals surface area contributed by atoms with Crippen LogP contribution in [0.1, 0.15) is 24.5 Å². The molecular weight excluding hydrogens is 335 g/mol. The molecule has 96 valence electrons. The van der Waals surface area contributed by atoms with Crippen LogP contribution < -0.4 is 5.73 Å². The highest BCUT2D eigenvalue weighted by Gasteiger charge is 2.03. The Hall–Kier alpha value is -0.810. The Bertz CT molecular complexity index is 487. The van der Waals surface area contributed by atoms with Gasteiger partial charge in [0, 0.05) is 28.6 Å². The molecule has 2 aromatic rings. The van der Waals surface area contributed by atoms with E-state index in [4.69, 9.17) is 5.73 Å². The predicted molar refractivity (Wildman–Crippen MR) is 84.7 cm³/mol. The molecule has 0 aliphatic heterocycles. The highest BCUT2D eigenvalue weighted by molar-refractivity contribution is 14.1. The molecule has 3 heteroatoms. The smallest absolute Gasteiger partial charge is 0.0470 e. The Kier molecular flexibility index (Phi) is 4.83. The van der Waals surface area contributed by atoms with E-state index in [-0.39, 0.29) is 6.04 Å². The van der Waals surface area contributed by atoms with Crippen molar-refractivity contribution in [1.29, 1.82) is 0 Å². The summed E-state index contributed by atoms with van der Waals surface area (Å²) in [6, 6.07) is 11.1. The molecule has 0 bridgehead atoms. The topological polar surface area (TPSA) is 30.9 Å². The average molecular weight is 354 g/mol. The lowest BCUT2D eigenvalue weighted by molar-refractivity contribution is 0.645. The number of nitrogens with two attached hydrogens (primary N) is 1. The second-order valence-electron chi connectivity index (χ2n) is 4.69. The molecule has 0 saturated heterocycles. The number of halogens is 1. The quantitative estimate of drug-likeness (QED) is 0.820. The van der Waals surface area contributed by atoms with E-state index < -0.39 is 0 Å². The second-order valence-corrected chi connectivity index (χ2v) is 5.94. The SMILES string of the molecule is CCC(N)Cc1ccn(Cc2ccc(I)cc2)c1. The Morgan fingerprint density at radius 1 is 1.17 bits per heavy atom. The van der Waals surface area contributed by atoms with Crippen molar-refractivity contribution in [3.8, 4) is 0 Å². The molecule has 1 atom stereocenters. The third-order valence-corrected chi connectivity index (χ3v) is 3.83. The molecule has 2 N–H and O–H groups in total. The summed E-state index contributed by atoms with van der Waals surface area (Å²) in [7, 11) is 0. The molecule has 0 aliphatic carbocycles. The lowest BCUT2D eigenvalue weighted by Crippen LogP contribution is -2.21. The van der Waals surface area contributed by atoms with E-state index in [2.05, 4.69) is 76.8 Å². The first-order chi connectivity index (χ1) is 8.67. The van der Waals surface area contributed by atoms with Gasteiger partial charge in [-0.05, 0) is 64.8 Å². The summed E-state index contributed by atoms with van der Waals surface area (Å²) in [5.41, 5.74) is 8.63. The zero-order valence-corrected chi connectivity index (χ0v) is 12.8. The van der Waals surface area contributed by atoms with Crippen LogP contribution in [-0.4, -0.2) is 10.6 Å². The maximum absolute atomic E-state index is 5.97. The van der Waals surface area contributed by atoms with Crippen LogP contribution in [0.4, 0.5) is 0 Å². The van der Waals surface area contributed by atoms with Crippen LogP contribution in [0, 0.1) is 3.57 Å². The molecule has 0 aliphatic rings. The second kappa shape index (κ2) is 6.38. The van der Waals surface area contributed by atoms with Gasteiger partial charge in [-0.1, -0.05) is 19.1 Å². The molecule has 18 heavy (non-hydrogen) atoms. The first-order valence-corrected chi connectivity index (χ1v) is 7.40. The number of aromatic nitrogens is 1. The molecule has 1 heterocycles. The molecule has 0 radical (unpaired) electrons. The number of nitrogens with zero attached hydrogens (tertiary/aromatic N) is 1. The van der Waals surface area contributed by atoms with E-state index in [1.165, 1.54) is 14.7 Å². The summed E-state index contributed by atoms with van der Waals surface area (Å²) in [5.74, 6) is 0. The van der Waals surface area contributed by atoms with Crippen molar-refractivity contribution >= 4 is 22.6 Å². The van der Waals surface area contributed by atoms with Crippen molar-refractivity contribution < 1.29 is 0 Å². The van der Waals surface area contributed by atoms with Gasteiger partial charge in [0.1, 0.15) is 0 Å². The standard InChI is InChI=1S/C15H19IN2/c1-2-15(17)9-13-7-8-18(11-13)10-12-3-5-14(16)6-4-12/h3-8,11,15H,2,9-10,17H2,1H3. The lowest BCUT2D eigenvalue weighted by Gasteiger charge is -2.06. The minimum absolute atomic E-state index is 0.277. The largest absolute Gasteiger partial charge is 0.350 e. The Morgan fingerprint density at radius 2 is 1.89 bits per heavy atom.